The second kappa shape index (κ2) is 25.7. The number of aliphatic hydroxyl groups is 1. The van der Waals surface area contributed by atoms with Crippen molar-refractivity contribution >= 4 is 5.97 Å². The van der Waals surface area contributed by atoms with Crippen LogP contribution < -0.4 is 0 Å². The van der Waals surface area contributed by atoms with Crippen LogP contribution in [0.15, 0.2) is 0 Å². The normalized spacial score (nSPS) is 12.3. The van der Waals surface area contributed by atoms with E-state index in [-0.39, 0.29) is 0 Å². The van der Waals surface area contributed by atoms with E-state index >= 15 is 0 Å². The molecule has 1 atom stereocenters. The minimum Gasteiger partial charge on any atom is -0.479 e. The Labute approximate surface area is 194 Å². The maximum atomic E-state index is 10.5. The highest BCUT2D eigenvalue weighted by atomic mass is 16.4. The van der Waals surface area contributed by atoms with Gasteiger partial charge in [0, 0.05) is 0 Å². The number of aliphatic hydroxyl groups excluding tert-OH is 1. The molecule has 0 aliphatic rings. The van der Waals surface area contributed by atoms with Crippen molar-refractivity contribution in [2.45, 2.75) is 174 Å². The summed E-state index contributed by atoms with van der Waals surface area (Å²) in [6, 6.07) is 0. The molecular weight excluding hydrogens is 384 g/mol. The molecule has 0 aliphatic carbocycles. The van der Waals surface area contributed by atoms with Gasteiger partial charge in [-0.2, -0.15) is 0 Å². The minimum atomic E-state index is -1.17. The third-order valence-electron chi connectivity index (χ3n) is 6.62. The van der Waals surface area contributed by atoms with Gasteiger partial charge in [0.1, 0.15) is 0 Å². The van der Waals surface area contributed by atoms with Crippen LogP contribution in [0.2, 0.25) is 0 Å². The molecule has 2 N–H and O–H groups in total. The monoisotopic (exact) mass is 440 g/mol. The second-order valence-electron chi connectivity index (χ2n) is 9.77. The largest absolute Gasteiger partial charge is 0.479 e. The Morgan fingerprint density at radius 2 is 0.710 bits per heavy atom. The average molecular weight is 441 g/mol. The van der Waals surface area contributed by atoms with E-state index in [0.717, 1.165) is 12.8 Å². The third-order valence-corrected chi connectivity index (χ3v) is 6.62. The molecule has 3 nitrogen and oxygen atoms in total. The minimum absolute atomic E-state index is 0.397. The van der Waals surface area contributed by atoms with Crippen LogP contribution in [0.1, 0.15) is 167 Å². The van der Waals surface area contributed by atoms with E-state index in [2.05, 4.69) is 6.92 Å². The van der Waals surface area contributed by atoms with Gasteiger partial charge in [0.15, 0.2) is 6.10 Å². The van der Waals surface area contributed by atoms with Gasteiger partial charge in [-0.3, -0.25) is 0 Å². The van der Waals surface area contributed by atoms with Crippen LogP contribution in [0.5, 0.6) is 0 Å². The molecule has 0 rings (SSSR count). The Kier molecular flexibility index (Phi) is 25.2. The van der Waals surface area contributed by atoms with Crippen molar-refractivity contribution in [3.63, 3.8) is 0 Å². The fraction of sp³-hybridized carbons (Fsp3) is 0.964. The Morgan fingerprint density at radius 3 is 0.935 bits per heavy atom. The second-order valence-corrected chi connectivity index (χ2v) is 9.77. The standard InChI is InChI=1S/C28H56O3/c1-2-3-4-5-6-7-8-9-10-11-12-13-14-15-16-17-18-19-20-21-22-23-24-25-26-27(29)28(30)31/h27,29H,2-26H2,1H3,(H,30,31). The van der Waals surface area contributed by atoms with Gasteiger partial charge in [-0.1, -0.05) is 161 Å². The van der Waals surface area contributed by atoms with Gasteiger partial charge >= 0.3 is 5.97 Å². The average Bonchev–Trinajstić information content (AvgIpc) is 2.76. The Morgan fingerprint density at radius 1 is 0.484 bits per heavy atom. The Hall–Kier alpha value is -0.570. The smallest absolute Gasteiger partial charge is 0.332 e. The molecular formula is C28H56O3. The van der Waals surface area contributed by atoms with Crippen LogP contribution in [0.4, 0.5) is 0 Å². The van der Waals surface area contributed by atoms with Crippen molar-refractivity contribution in [3.05, 3.63) is 0 Å². The maximum Gasteiger partial charge on any atom is 0.332 e. The first-order valence-electron chi connectivity index (χ1n) is 14.1. The predicted octanol–water partition coefficient (Wildman–Crippen LogP) is 9.20. The molecule has 0 aromatic heterocycles. The zero-order valence-corrected chi connectivity index (χ0v) is 21.1. The van der Waals surface area contributed by atoms with E-state index < -0.39 is 12.1 Å². The van der Waals surface area contributed by atoms with E-state index in [1.165, 1.54) is 141 Å². The van der Waals surface area contributed by atoms with Gasteiger partial charge in [-0.15, -0.1) is 0 Å². The lowest BCUT2D eigenvalue weighted by atomic mass is 10.0. The highest BCUT2D eigenvalue weighted by molar-refractivity contribution is 5.71. The molecule has 0 aromatic carbocycles. The molecule has 0 saturated carbocycles. The molecule has 0 aromatic rings. The molecule has 0 amide bonds. The molecule has 1 unspecified atom stereocenters. The quantitative estimate of drug-likeness (QED) is 0.132. The molecule has 0 fully saturated rings. The maximum absolute atomic E-state index is 10.5. The first-order valence-corrected chi connectivity index (χ1v) is 14.1. The van der Waals surface area contributed by atoms with Crippen LogP contribution in [0.3, 0.4) is 0 Å². The fourth-order valence-corrected chi connectivity index (χ4v) is 4.42. The molecule has 3 heteroatoms. The summed E-state index contributed by atoms with van der Waals surface area (Å²) >= 11 is 0. The zero-order chi connectivity index (χ0) is 22.8. The number of hydrogen-bond donors (Lipinski definition) is 2. The topological polar surface area (TPSA) is 57.5 Å². The van der Waals surface area contributed by atoms with Crippen LogP contribution in [-0.2, 0) is 4.79 Å². The summed E-state index contributed by atoms with van der Waals surface area (Å²) in [6.07, 6.45) is 32.0. The number of carboxylic acids is 1. The lowest BCUT2D eigenvalue weighted by molar-refractivity contribution is -0.146. The van der Waals surface area contributed by atoms with Crippen LogP contribution >= 0.6 is 0 Å². The van der Waals surface area contributed by atoms with Crippen LogP contribution in [-0.4, -0.2) is 22.3 Å². The predicted molar refractivity (Wildman–Crippen MR) is 135 cm³/mol. The van der Waals surface area contributed by atoms with Gasteiger partial charge in [0.05, 0.1) is 0 Å². The van der Waals surface area contributed by atoms with Crippen molar-refractivity contribution in [2.24, 2.45) is 0 Å². The first-order chi connectivity index (χ1) is 15.2. The van der Waals surface area contributed by atoms with Gasteiger partial charge < -0.3 is 10.2 Å². The summed E-state index contributed by atoms with van der Waals surface area (Å²) in [7, 11) is 0. The summed E-state index contributed by atoms with van der Waals surface area (Å²) in [5.74, 6) is -1.09. The van der Waals surface area contributed by atoms with E-state index in [0.29, 0.717) is 6.42 Å². The highest BCUT2D eigenvalue weighted by Gasteiger charge is 2.11. The van der Waals surface area contributed by atoms with Gasteiger partial charge in [0.2, 0.25) is 0 Å². The Bertz CT molecular complexity index is 356. The van der Waals surface area contributed by atoms with E-state index in [4.69, 9.17) is 5.11 Å². The molecule has 0 bridgehead atoms. The van der Waals surface area contributed by atoms with Gasteiger partial charge in [-0.25, -0.2) is 4.79 Å². The first kappa shape index (κ1) is 30.4. The SMILES string of the molecule is CCCCCCCCCCCCCCCCCCCCCCCCCCC(O)C(=O)O. The molecule has 0 spiro atoms. The fourth-order valence-electron chi connectivity index (χ4n) is 4.42. The molecule has 0 aliphatic heterocycles. The number of hydrogen-bond acceptors (Lipinski definition) is 2. The molecule has 31 heavy (non-hydrogen) atoms. The van der Waals surface area contributed by atoms with Crippen LogP contribution in [0, 0.1) is 0 Å². The third kappa shape index (κ3) is 25.6. The van der Waals surface area contributed by atoms with Gasteiger partial charge in [-0.05, 0) is 6.42 Å². The zero-order valence-electron chi connectivity index (χ0n) is 21.1. The van der Waals surface area contributed by atoms with E-state index in [1.54, 1.807) is 0 Å². The molecule has 0 saturated heterocycles. The van der Waals surface area contributed by atoms with Crippen LogP contribution in [0.25, 0.3) is 0 Å². The number of carboxylic acid groups (broad SMARTS) is 1. The van der Waals surface area contributed by atoms with Crippen molar-refractivity contribution < 1.29 is 15.0 Å². The van der Waals surface area contributed by atoms with Gasteiger partial charge in [0.25, 0.3) is 0 Å². The van der Waals surface area contributed by atoms with E-state index in [9.17, 15) is 9.90 Å². The lowest BCUT2D eigenvalue weighted by Crippen LogP contribution is -2.18. The van der Waals surface area contributed by atoms with E-state index in [1.807, 2.05) is 0 Å². The number of rotatable bonds is 26. The molecule has 186 valence electrons. The molecule has 0 radical (unpaired) electrons. The van der Waals surface area contributed by atoms with Crippen molar-refractivity contribution in [2.75, 3.05) is 0 Å². The van der Waals surface area contributed by atoms with Crippen molar-refractivity contribution in [3.8, 4) is 0 Å². The summed E-state index contributed by atoms with van der Waals surface area (Å²) in [4.78, 5) is 10.5. The van der Waals surface area contributed by atoms with Crippen molar-refractivity contribution in [1.82, 2.24) is 0 Å². The van der Waals surface area contributed by atoms with Crippen molar-refractivity contribution in [1.29, 1.82) is 0 Å². The summed E-state index contributed by atoms with van der Waals surface area (Å²) in [6.45, 7) is 2.29. The summed E-state index contributed by atoms with van der Waals surface area (Å²) in [5, 5.41) is 17.8. The summed E-state index contributed by atoms with van der Waals surface area (Å²) < 4.78 is 0. The molecule has 0 heterocycles. The number of carbonyl (C=O) groups is 1. The lowest BCUT2D eigenvalue weighted by Gasteiger charge is -2.05. The number of unbranched alkanes of at least 4 members (excludes halogenated alkanes) is 23. The highest BCUT2D eigenvalue weighted by Crippen LogP contribution is 2.16. The summed E-state index contributed by atoms with van der Waals surface area (Å²) in [5.41, 5.74) is 0. The Balaban J connectivity index is 3.04. The number of aliphatic carboxylic acids is 1.